The summed E-state index contributed by atoms with van der Waals surface area (Å²) in [6.45, 7) is 2.41. The fourth-order valence-electron chi connectivity index (χ4n) is 1.89. The van der Waals surface area contributed by atoms with Crippen LogP contribution in [-0.2, 0) is 10.0 Å². The summed E-state index contributed by atoms with van der Waals surface area (Å²) in [5.41, 5.74) is 0.420. The van der Waals surface area contributed by atoms with Crippen molar-refractivity contribution in [3.05, 3.63) is 48.5 Å². The molecule has 0 fully saturated rings. The minimum absolute atomic E-state index is 0.0788. The van der Waals surface area contributed by atoms with Gasteiger partial charge in [-0.15, -0.1) is 0 Å². The van der Waals surface area contributed by atoms with Crippen molar-refractivity contribution in [1.82, 2.24) is 0 Å². The first-order valence-electron chi connectivity index (χ1n) is 7.14. The molecule has 0 aliphatic carbocycles. The largest absolute Gasteiger partial charge is 0.494 e. The van der Waals surface area contributed by atoms with Crippen LogP contribution in [0.25, 0.3) is 0 Å². The van der Waals surface area contributed by atoms with Crippen LogP contribution in [-0.4, -0.2) is 33.3 Å². The molecule has 0 spiro atoms. The molecule has 2 aromatic rings. The van der Waals surface area contributed by atoms with Gasteiger partial charge < -0.3 is 14.6 Å². The van der Waals surface area contributed by atoms with Crippen molar-refractivity contribution < 1.29 is 23.0 Å². The topological polar surface area (TPSA) is 84.9 Å². The zero-order valence-electron chi connectivity index (χ0n) is 12.7. The number of rotatable bonds is 8. The Morgan fingerprint density at radius 2 is 1.78 bits per heavy atom. The van der Waals surface area contributed by atoms with E-state index in [0.717, 1.165) is 0 Å². The molecule has 0 radical (unpaired) electrons. The average Bonchev–Trinajstić information content (AvgIpc) is 2.54. The molecule has 6 nitrogen and oxygen atoms in total. The first-order chi connectivity index (χ1) is 11.0. The van der Waals surface area contributed by atoms with E-state index in [1.807, 2.05) is 6.92 Å². The van der Waals surface area contributed by atoms with Crippen molar-refractivity contribution in [2.45, 2.75) is 11.8 Å². The highest BCUT2D eigenvalue weighted by Gasteiger charge is 2.15. The Morgan fingerprint density at radius 3 is 2.43 bits per heavy atom. The third kappa shape index (κ3) is 4.87. The van der Waals surface area contributed by atoms with Crippen LogP contribution in [0.3, 0.4) is 0 Å². The summed E-state index contributed by atoms with van der Waals surface area (Å²) >= 11 is 0. The molecule has 7 heteroatoms. The summed E-state index contributed by atoms with van der Waals surface area (Å²) < 4.78 is 37.8. The van der Waals surface area contributed by atoms with Gasteiger partial charge in [-0.25, -0.2) is 8.42 Å². The Morgan fingerprint density at radius 1 is 1.04 bits per heavy atom. The van der Waals surface area contributed by atoms with Gasteiger partial charge in [0.25, 0.3) is 10.0 Å². The molecule has 0 aliphatic rings. The van der Waals surface area contributed by atoms with E-state index in [4.69, 9.17) is 14.6 Å². The van der Waals surface area contributed by atoms with Crippen LogP contribution in [0.5, 0.6) is 11.5 Å². The predicted molar refractivity (Wildman–Crippen MR) is 87.4 cm³/mol. The van der Waals surface area contributed by atoms with Crippen LogP contribution >= 0.6 is 0 Å². The molecule has 2 rings (SSSR count). The maximum atomic E-state index is 12.4. The molecule has 2 N–H and O–H groups in total. The fourth-order valence-corrected chi connectivity index (χ4v) is 2.99. The molecular formula is C16H19NO5S. The van der Waals surface area contributed by atoms with Crippen molar-refractivity contribution in [3.63, 3.8) is 0 Å². The summed E-state index contributed by atoms with van der Waals surface area (Å²) in [5.74, 6) is 1.06. The Kier molecular flexibility index (Phi) is 5.84. The Balaban J connectivity index is 2.13. The summed E-state index contributed by atoms with van der Waals surface area (Å²) in [6.07, 6.45) is 0. The number of hydrogen-bond acceptors (Lipinski definition) is 5. The van der Waals surface area contributed by atoms with Gasteiger partial charge in [0.1, 0.15) is 18.1 Å². The first kappa shape index (κ1) is 17.1. The van der Waals surface area contributed by atoms with Crippen molar-refractivity contribution in [3.8, 4) is 11.5 Å². The Labute approximate surface area is 135 Å². The van der Waals surface area contributed by atoms with E-state index in [9.17, 15) is 8.42 Å². The van der Waals surface area contributed by atoms with E-state index in [1.54, 1.807) is 36.4 Å². The van der Waals surface area contributed by atoms with Crippen LogP contribution < -0.4 is 14.2 Å². The number of hydrogen-bond donors (Lipinski definition) is 2. The van der Waals surface area contributed by atoms with Gasteiger partial charge in [-0.1, -0.05) is 6.07 Å². The highest BCUT2D eigenvalue weighted by atomic mass is 32.2. The highest BCUT2D eigenvalue weighted by molar-refractivity contribution is 7.92. The summed E-state index contributed by atoms with van der Waals surface area (Å²) in [6, 6.07) is 12.8. The molecule has 0 saturated carbocycles. The molecule has 0 heterocycles. The second kappa shape index (κ2) is 7.85. The molecular weight excluding hydrogens is 318 g/mol. The average molecular weight is 337 g/mol. The Bertz CT molecular complexity index is 728. The second-order valence-electron chi connectivity index (χ2n) is 4.61. The second-order valence-corrected chi connectivity index (χ2v) is 6.29. The van der Waals surface area contributed by atoms with E-state index in [2.05, 4.69) is 4.72 Å². The molecule has 0 unspecified atom stereocenters. The van der Waals surface area contributed by atoms with Crippen molar-refractivity contribution in [1.29, 1.82) is 0 Å². The van der Waals surface area contributed by atoms with E-state index in [0.29, 0.717) is 23.8 Å². The minimum atomic E-state index is -3.69. The lowest BCUT2D eigenvalue weighted by Gasteiger charge is -2.10. The van der Waals surface area contributed by atoms with Gasteiger partial charge in [0.05, 0.1) is 18.1 Å². The van der Waals surface area contributed by atoms with Crippen molar-refractivity contribution in [2.24, 2.45) is 0 Å². The number of ether oxygens (including phenoxy) is 2. The molecule has 2 aromatic carbocycles. The SMILES string of the molecule is CCOc1cccc(S(=O)(=O)Nc2ccc(OCCO)cc2)c1. The lowest BCUT2D eigenvalue weighted by atomic mass is 10.3. The third-order valence-electron chi connectivity index (χ3n) is 2.89. The fraction of sp³-hybridized carbons (Fsp3) is 0.250. The Hall–Kier alpha value is -2.25. The summed E-state index contributed by atoms with van der Waals surface area (Å²) in [4.78, 5) is 0.129. The lowest BCUT2D eigenvalue weighted by molar-refractivity contribution is 0.201. The number of aliphatic hydroxyl groups excluding tert-OH is 1. The van der Waals surface area contributed by atoms with E-state index in [-0.39, 0.29) is 18.1 Å². The number of benzene rings is 2. The molecule has 23 heavy (non-hydrogen) atoms. The summed E-state index contributed by atoms with van der Waals surface area (Å²) in [7, 11) is -3.69. The molecule has 124 valence electrons. The van der Waals surface area contributed by atoms with Crippen LogP contribution in [0.2, 0.25) is 0 Å². The van der Waals surface area contributed by atoms with Crippen LogP contribution in [0.1, 0.15) is 6.92 Å². The smallest absolute Gasteiger partial charge is 0.262 e. The van der Waals surface area contributed by atoms with Gasteiger partial charge in [-0.05, 0) is 43.3 Å². The van der Waals surface area contributed by atoms with E-state index >= 15 is 0 Å². The normalized spacial score (nSPS) is 11.0. The standard InChI is InChI=1S/C16H19NO5S/c1-2-21-15-4-3-5-16(12-15)23(19,20)17-13-6-8-14(9-7-13)22-11-10-18/h3-9,12,17-18H,2,10-11H2,1H3. The predicted octanol–water partition coefficient (Wildman–Crippen LogP) is 2.26. The number of sulfonamides is 1. The van der Waals surface area contributed by atoms with Gasteiger partial charge in [-0.3, -0.25) is 4.72 Å². The number of nitrogens with one attached hydrogen (secondary N) is 1. The highest BCUT2D eigenvalue weighted by Crippen LogP contribution is 2.22. The maximum Gasteiger partial charge on any atom is 0.262 e. The van der Waals surface area contributed by atoms with E-state index < -0.39 is 10.0 Å². The molecule has 0 aliphatic heterocycles. The monoisotopic (exact) mass is 337 g/mol. The van der Waals surface area contributed by atoms with Gasteiger partial charge >= 0.3 is 0 Å². The molecule has 0 atom stereocenters. The zero-order valence-corrected chi connectivity index (χ0v) is 13.5. The van der Waals surface area contributed by atoms with Gasteiger partial charge in [0.15, 0.2) is 0 Å². The minimum Gasteiger partial charge on any atom is -0.494 e. The molecule has 0 amide bonds. The number of aliphatic hydroxyl groups is 1. The first-order valence-corrected chi connectivity index (χ1v) is 8.63. The van der Waals surface area contributed by atoms with Crippen LogP contribution in [0, 0.1) is 0 Å². The van der Waals surface area contributed by atoms with Crippen LogP contribution in [0.4, 0.5) is 5.69 Å². The van der Waals surface area contributed by atoms with E-state index in [1.165, 1.54) is 12.1 Å². The summed E-state index contributed by atoms with van der Waals surface area (Å²) in [5, 5.41) is 8.69. The number of anilines is 1. The van der Waals surface area contributed by atoms with Gasteiger partial charge in [-0.2, -0.15) is 0 Å². The third-order valence-corrected chi connectivity index (χ3v) is 4.27. The quantitative estimate of drug-likeness (QED) is 0.772. The molecule has 0 saturated heterocycles. The van der Waals surface area contributed by atoms with Gasteiger partial charge in [0.2, 0.25) is 0 Å². The van der Waals surface area contributed by atoms with Crippen LogP contribution in [0.15, 0.2) is 53.4 Å². The molecule has 0 aromatic heterocycles. The van der Waals surface area contributed by atoms with Gasteiger partial charge in [0, 0.05) is 11.8 Å². The van der Waals surface area contributed by atoms with Crippen molar-refractivity contribution in [2.75, 3.05) is 24.5 Å². The lowest BCUT2D eigenvalue weighted by Crippen LogP contribution is -2.13. The van der Waals surface area contributed by atoms with Crippen molar-refractivity contribution >= 4 is 15.7 Å². The molecule has 0 bridgehead atoms. The maximum absolute atomic E-state index is 12.4. The zero-order chi connectivity index (χ0) is 16.7.